The van der Waals surface area contributed by atoms with E-state index in [1.165, 1.54) is 32.1 Å². The number of rotatable bonds is 4. The molecule has 1 aliphatic rings. The van der Waals surface area contributed by atoms with Crippen LogP contribution in [0.4, 0.5) is 0 Å². The van der Waals surface area contributed by atoms with Crippen molar-refractivity contribution in [1.29, 1.82) is 0 Å². The molecule has 3 N–H and O–H groups in total. The molecule has 0 bridgehead atoms. The zero-order valence-electron chi connectivity index (χ0n) is 12.4. The third-order valence-electron chi connectivity index (χ3n) is 4.30. The van der Waals surface area contributed by atoms with Crippen molar-refractivity contribution in [2.75, 3.05) is 6.54 Å². The van der Waals surface area contributed by atoms with Gasteiger partial charge in [-0.25, -0.2) is 0 Å². The smallest absolute Gasteiger partial charge is 0.251 e. The van der Waals surface area contributed by atoms with Crippen molar-refractivity contribution in [3.05, 3.63) is 32.9 Å². The van der Waals surface area contributed by atoms with Gasteiger partial charge in [-0.15, -0.1) is 12.4 Å². The molecule has 1 fully saturated rings. The molecule has 0 aliphatic heterocycles. The first-order valence-electron chi connectivity index (χ1n) is 7.39. The van der Waals surface area contributed by atoms with Gasteiger partial charge in [-0.05, 0) is 66.0 Å². The number of hydrogen-bond donors (Lipinski definition) is 2. The van der Waals surface area contributed by atoms with Crippen LogP contribution in [0.1, 0.15) is 48.0 Å². The monoisotopic (exact) mass is 422 g/mol. The fourth-order valence-electron chi connectivity index (χ4n) is 3.01. The number of nitrogens with one attached hydrogen (secondary N) is 1. The van der Waals surface area contributed by atoms with Gasteiger partial charge >= 0.3 is 0 Å². The maximum absolute atomic E-state index is 12.5. The van der Waals surface area contributed by atoms with Gasteiger partial charge in [0.2, 0.25) is 0 Å². The Kier molecular flexibility index (Phi) is 7.98. The van der Waals surface area contributed by atoms with E-state index in [2.05, 4.69) is 27.9 Å². The number of carbonyl (C=O) groups is 1. The quantitative estimate of drug-likeness (QED) is 0.728. The van der Waals surface area contributed by atoms with Gasteiger partial charge < -0.3 is 11.1 Å². The molecule has 1 aliphatic carbocycles. The highest BCUT2D eigenvalue weighted by atomic mass is 127. The van der Waals surface area contributed by atoms with Gasteiger partial charge in [-0.1, -0.05) is 25.3 Å². The van der Waals surface area contributed by atoms with Gasteiger partial charge in [0.1, 0.15) is 0 Å². The Morgan fingerprint density at radius 3 is 2.67 bits per heavy atom. The van der Waals surface area contributed by atoms with E-state index in [-0.39, 0.29) is 24.4 Å². The summed E-state index contributed by atoms with van der Waals surface area (Å²) in [6.07, 6.45) is 6.22. The first kappa shape index (κ1) is 18.7. The first-order valence-corrected chi connectivity index (χ1v) is 8.47. The van der Waals surface area contributed by atoms with E-state index in [0.717, 1.165) is 14.7 Å². The Labute approximate surface area is 147 Å². The van der Waals surface area contributed by atoms with Crippen molar-refractivity contribution in [2.45, 2.75) is 45.1 Å². The maximum atomic E-state index is 12.5. The van der Waals surface area contributed by atoms with Crippen molar-refractivity contribution in [3.8, 4) is 0 Å². The van der Waals surface area contributed by atoms with Gasteiger partial charge in [0.25, 0.3) is 5.91 Å². The van der Waals surface area contributed by atoms with E-state index in [1.807, 2.05) is 25.1 Å². The summed E-state index contributed by atoms with van der Waals surface area (Å²) in [5, 5.41) is 3.15. The SMILES string of the molecule is Cc1c(I)cccc1C(=O)NC(CN)C1CCCCC1.Cl. The van der Waals surface area contributed by atoms with Crippen LogP contribution >= 0.6 is 35.0 Å². The molecule has 1 aromatic rings. The number of carbonyl (C=O) groups excluding carboxylic acids is 1. The second-order valence-corrected chi connectivity index (χ2v) is 6.79. The second-order valence-electron chi connectivity index (χ2n) is 5.63. The van der Waals surface area contributed by atoms with Crippen LogP contribution < -0.4 is 11.1 Å². The van der Waals surface area contributed by atoms with Crippen LogP contribution in [-0.2, 0) is 0 Å². The summed E-state index contributed by atoms with van der Waals surface area (Å²) in [5.74, 6) is 0.558. The number of hydrogen-bond acceptors (Lipinski definition) is 2. The van der Waals surface area contributed by atoms with E-state index < -0.39 is 0 Å². The Bertz CT molecular complexity index is 475. The molecule has 1 atom stereocenters. The normalized spacial score (nSPS) is 16.9. The molecule has 1 aromatic carbocycles. The van der Waals surface area contributed by atoms with Crippen LogP contribution in [0.3, 0.4) is 0 Å². The zero-order chi connectivity index (χ0) is 14.5. The molecule has 0 heterocycles. The van der Waals surface area contributed by atoms with Crippen LogP contribution in [0.2, 0.25) is 0 Å². The molecule has 0 spiro atoms. The summed E-state index contributed by atoms with van der Waals surface area (Å²) in [7, 11) is 0. The highest BCUT2D eigenvalue weighted by Gasteiger charge is 2.24. The molecule has 118 valence electrons. The van der Waals surface area contributed by atoms with Crippen LogP contribution in [0, 0.1) is 16.4 Å². The van der Waals surface area contributed by atoms with Crippen molar-refractivity contribution < 1.29 is 4.79 Å². The van der Waals surface area contributed by atoms with E-state index in [4.69, 9.17) is 5.73 Å². The average molecular weight is 423 g/mol. The van der Waals surface area contributed by atoms with Crippen LogP contribution in [0.15, 0.2) is 18.2 Å². The third-order valence-corrected chi connectivity index (χ3v) is 5.47. The molecule has 3 nitrogen and oxygen atoms in total. The van der Waals surface area contributed by atoms with Gasteiger partial charge in [0.15, 0.2) is 0 Å². The number of nitrogens with two attached hydrogens (primary N) is 1. The van der Waals surface area contributed by atoms with Crippen LogP contribution in [0.5, 0.6) is 0 Å². The van der Waals surface area contributed by atoms with Crippen LogP contribution in [0.25, 0.3) is 0 Å². The second kappa shape index (κ2) is 8.96. The highest BCUT2D eigenvalue weighted by molar-refractivity contribution is 14.1. The molecule has 0 saturated heterocycles. The summed E-state index contributed by atoms with van der Waals surface area (Å²) in [6.45, 7) is 2.52. The average Bonchev–Trinajstić information content (AvgIpc) is 2.48. The lowest BCUT2D eigenvalue weighted by molar-refractivity contribution is 0.0915. The van der Waals surface area contributed by atoms with E-state index in [9.17, 15) is 4.79 Å². The fraction of sp³-hybridized carbons (Fsp3) is 0.562. The molecule has 21 heavy (non-hydrogen) atoms. The zero-order valence-corrected chi connectivity index (χ0v) is 15.4. The van der Waals surface area contributed by atoms with Gasteiger partial charge in [-0.3, -0.25) is 4.79 Å². The summed E-state index contributed by atoms with van der Waals surface area (Å²) >= 11 is 2.26. The summed E-state index contributed by atoms with van der Waals surface area (Å²) < 4.78 is 1.12. The van der Waals surface area contributed by atoms with Crippen molar-refractivity contribution >= 4 is 40.9 Å². The van der Waals surface area contributed by atoms with E-state index in [1.54, 1.807) is 0 Å². The van der Waals surface area contributed by atoms with Gasteiger partial charge in [-0.2, -0.15) is 0 Å². The topological polar surface area (TPSA) is 55.1 Å². The minimum absolute atomic E-state index is 0. The molecular weight excluding hydrogens is 399 g/mol. The number of halogens is 2. The van der Waals surface area contributed by atoms with Crippen LogP contribution in [-0.4, -0.2) is 18.5 Å². The largest absolute Gasteiger partial charge is 0.348 e. The minimum atomic E-state index is 0. The van der Waals surface area contributed by atoms with E-state index >= 15 is 0 Å². The van der Waals surface area contributed by atoms with Crippen molar-refractivity contribution in [1.82, 2.24) is 5.32 Å². The third kappa shape index (κ3) is 4.83. The lowest BCUT2D eigenvalue weighted by atomic mass is 9.83. The molecule has 1 saturated carbocycles. The molecule has 5 heteroatoms. The number of amides is 1. The fourth-order valence-corrected chi connectivity index (χ4v) is 3.50. The van der Waals surface area contributed by atoms with Crippen molar-refractivity contribution in [2.24, 2.45) is 11.7 Å². The molecular formula is C16H24ClIN2O. The summed E-state index contributed by atoms with van der Waals surface area (Å²) in [5.41, 5.74) is 7.70. The Balaban J connectivity index is 0.00000220. The molecule has 2 rings (SSSR count). The summed E-state index contributed by atoms with van der Waals surface area (Å²) in [6, 6.07) is 5.96. The van der Waals surface area contributed by atoms with Gasteiger partial charge in [0, 0.05) is 21.7 Å². The lowest BCUT2D eigenvalue weighted by Gasteiger charge is -2.30. The first-order chi connectivity index (χ1) is 9.63. The minimum Gasteiger partial charge on any atom is -0.348 e. The van der Waals surface area contributed by atoms with Gasteiger partial charge in [0.05, 0.1) is 0 Å². The Hall–Kier alpha value is -0.330. The molecule has 1 amide bonds. The number of benzene rings is 1. The molecule has 1 unspecified atom stereocenters. The predicted octanol–water partition coefficient (Wildman–Crippen LogP) is 3.66. The van der Waals surface area contributed by atoms with E-state index in [0.29, 0.717) is 12.5 Å². The Morgan fingerprint density at radius 1 is 1.38 bits per heavy atom. The lowest BCUT2D eigenvalue weighted by Crippen LogP contribution is -2.46. The Morgan fingerprint density at radius 2 is 2.05 bits per heavy atom. The summed E-state index contributed by atoms with van der Waals surface area (Å²) in [4.78, 5) is 12.5. The molecule has 0 aromatic heterocycles. The predicted molar refractivity (Wildman–Crippen MR) is 98.0 cm³/mol. The van der Waals surface area contributed by atoms with Crippen molar-refractivity contribution in [3.63, 3.8) is 0 Å². The molecule has 0 radical (unpaired) electrons. The maximum Gasteiger partial charge on any atom is 0.251 e. The standard InChI is InChI=1S/C16H23IN2O.ClH/c1-11-13(8-5-9-14(11)17)16(20)19-15(10-18)12-6-3-2-4-7-12;/h5,8-9,12,15H,2-4,6-7,10,18H2,1H3,(H,19,20);1H. The highest BCUT2D eigenvalue weighted by Crippen LogP contribution is 2.26.